The molecular weight excluding hydrogens is 427 g/mol. The second-order valence-electron chi connectivity index (χ2n) is 6.77. The Bertz CT molecular complexity index is 496. The van der Waals surface area contributed by atoms with Gasteiger partial charge in [-0.2, -0.15) is 0 Å². The molecule has 8 heteroatoms. The van der Waals surface area contributed by atoms with Gasteiger partial charge < -0.3 is 10.2 Å². The third-order valence-corrected chi connectivity index (χ3v) is 6.41. The number of nitrogens with zero attached hydrogens (tertiary/aromatic N) is 3. The molecule has 6 nitrogen and oxygen atoms in total. The van der Waals surface area contributed by atoms with E-state index in [0.717, 1.165) is 37.3 Å². The summed E-state index contributed by atoms with van der Waals surface area (Å²) in [7, 11) is -1.20. The highest BCUT2D eigenvalue weighted by atomic mass is 127. The number of sulfonamides is 1. The number of hydrogen-bond donors (Lipinski definition) is 1. The van der Waals surface area contributed by atoms with Crippen molar-refractivity contribution in [3.8, 4) is 0 Å². The number of guanidine groups is 1. The summed E-state index contributed by atoms with van der Waals surface area (Å²) in [6.07, 6.45) is 3.24. The summed E-state index contributed by atoms with van der Waals surface area (Å²) in [5.74, 6) is 2.69. The summed E-state index contributed by atoms with van der Waals surface area (Å²) in [6.45, 7) is 8.45. The molecule has 0 amide bonds. The van der Waals surface area contributed by atoms with Crippen LogP contribution in [0.5, 0.6) is 0 Å². The number of nitrogens with one attached hydrogen (secondary N) is 1. The van der Waals surface area contributed by atoms with Crippen LogP contribution in [0.15, 0.2) is 4.99 Å². The molecule has 1 unspecified atom stereocenters. The van der Waals surface area contributed by atoms with Crippen molar-refractivity contribution < 1.29 is 8.42 Å². The zero-order valence-electron chi connectivity index (χ0n) is 14.5. The van der Waals surface area contributed by atoms with Gasteiger partial charge in [-0.1, -0.05) is 13.8 Å². The molecule has 0 aromatic carbocycles. The predicted octanol–water partition coefficient (Wildman–Crippen LogP) is 1.58. The number of rotatable bonds is 5. The highest BCUT2D eigenvalue weighted by Crippen LogP contribution is 2.23. The molecule has 2 saturated heterocycles. The van der Waals surface area contributed by atoms with Crippen molar-refractivity contribution >= 4 is 40.0 Å². The lowest BCUT2D eigenvalue weighted by molar-refractivity contribution is 0.400. The maximum Gasteiger partial charge on any atom is 0.214 e. The van der Waals surface area contributed by atoms with Crippen LogP contribution in [0, 0.1) is 11.8 Å². The van der Waals surface area contributed by atoms with Gasteiger partial charge in [0.1, 0.15) is 0 Å². The first-order valence-electron chi connectivity index (χ1n) is 8.36. The molecule has 0 spiro atoms. The van der Waals surface area contributed by atoms with E-state index in [0.29, 0.717) is 25.4 Å². The molecule has 0 aliphatic carbocycles. The van der Waals surface area contributed by atoms with Crippen LogP contribution in [0.4, 0.5) is 0 Å². The molecule has 23 heavy (non-hydrogen) atoms. The van der Waals surface area contributed by atoms with Crippen molar-refractivity contribution in [3.05, 3.63) is 0 Å². The Balaban J connectivity index is 0.00000264. The van der Waals surface area contributed by atoms with Crippen molar-refractivity contribution in [2.75, 3.05) is 45.5 Å². The van der Waals surface area contributed by atoms with Crippen molar-refractivity contribution in [2.45, 2.75) is 33.1 Å². The number of halogens is 1. The zero-order valence-corrected chi connectivity index (χ0v) is 17.6. The lowest BCUT2D eigenvalue weighted by atomic mass is 9.97. The minimum Gasteiger partial charge on any atom is -0.355 e. The van der Waals surface area contributed by atoms with Crippen LogP contribution in [0.1, 0.15) is 33.1 Å². The first-order chi connectivity index (χ1) is 10.4. The Hall–Kier alpha value is -0.0900. The molecule has 1 N–H and O–H groups in total. The van der Waals surface area contributed by atoms with E-state index in [9.17, 15) is 8.42 Å². The van der Waals surface area contributed by atoms with E-state index in [1.54, 1.807) is 11.4 Å². The van der Waals surface area contributed by atoms with Gasteiger partial charge in [0.2, 0.25) is 10.0 Å². The summed E-state index contributed by atoms with van der Waals surface area (Å²) in [5, 5.41) is 3.32. The highest BCUT2D eigenvalue weighted by molar-refractivity contribution is 14.0. The summed E-state index contributed by atoms with van der Waals surface area (Å²) in [4.78, 5) is 6.64. The minimum absolute atomic E-state index is 0. The monoisotopic (exact) mass is 458 g/mol. The maximum atomic E-state index is 11.8. The van der Waals surface area contributed by atoms with E-state index in [4.69, 9.17) is 0 Å². The van der Waals surface area contributed by atoms with E-state index in [-0.39, 0.29) is 24.0 Å². The van der Waals surface area contributed by atoms with Crippen LogP contribution in [-0.2, 0) is 10.0 Å². The Labute approximate surface area is 158 Å². The molecular formula is C15H31IN4O2S. The van der Waals surface area contributed by atoms with Gasteiger partial charge in [0.15, 0.2) is 5.96 Å². The summed E-state index contributed by atoms with van der Waals surface area (Å²) in [5.41, 5.74) is 0. The van der Waals surface area contributed by atoms with E-state index in [1.807, 2.05) is 0 Å². The molecule has 2 aliphatic rings. The van der Waals surface area contributed by atoms with Crippen molar-refractivity contribution in [3.63, 3.8) is 0 Å². The van der Waals surface area contributed by atoms with Crippen LogP contribution < -0.4 is 5.32 Å². The summed E-state index contributed by atoms with van der Waals surface area (Å²) in [6, 6.07) is 0. The number of aliphatic imine (C=N–C) groups is 1. The number of likely N-dealkylation sites (tertiary alicyclic amines) is 1. The molecule has 0 bridgehead atoms. The quantitative estimate of drug-likeness (QED) is 0.386. The topological polar surface area (TPSA) is 65.0 Å². The second kappa shape index (κ2) is 9.41. The number of hydrogen-bond acceptors (Lipinski definition) is 3. The van der Waals surface area contributed by atoms with E-state index in [1.165, 1.54) is 12.8 Å². The standard InChI is InChI=1S/C15H30N4O2S.HI/c1-13(2)11-14-5-8-18(12-14)15(16-3)17-6-9-19-7-4-10-22(19,20)21;/h13-14H,4-12H2,1-3H3,(H,16,17);1H. The van der Waals surface area contributed by atoms with E-state index in [2.05, 4.69) is 29.1 Å². The Morgan fingerprint density at radius 1 is 1.35 bits per heavy atom. The molecule has 0 radical (unpaired) electrons. The first-order valence-corrected chi connectivity index (χ1v) is 9.96. The van der Waals surface area contributed by atoms with E-state index >= 15 is 0 Å². The van der Waals surface area contributed by atoms with Gasteiger partial charge in [-0.3, -0.25) is 4.99 Å². The van der Waals surface area contributed by atoms with Crippen LogP contribution >= 0.6 is 24.0 Å². The average Bonchev–Trinajstić information content (AvgIpc) is 3.01. The Morgan fingerprint density at radius 3 is 2.65 bits per heavy atom. The highest BCUT2D eigenvalue weighted by Gasteiger charge is 2.28. The fourth-order valence-electron chi connectivity index (χ4n) is 3.45. The molecule has 0 aromatic heterocycles. The SMILES string of the molecule is CN=C(NCCN1CCCS1(=O)=O)N1CCC(CC(C)C)C1.I. The van der Waals surface area contributed by atoms with Crippen molar-refractivity contribution in [1.29, 1.82) is 0 Å². The van der Waals surface area contributed by atoms with Crippen molar-refractivity contribution in [1.82, 2.24) is 14.5 Å². The van der Waals surface area contributed by atoms with Gasteiger partial charge in [-0.05, 0) is 31.1 Å². The minimum atomic E-state index is -2.99. The first kappa shape index (κ1) is 21.0. The molecule has 2 aliphatic heterocycles. The normalized spacial score (nSPS) is 25.0. The Kier molecular flexibility index (Phi) is 8.57. The van der Waals surface area contributed by atoms with Crippen molar-refractivity contribution in [2.24, 2.45) is 16.8 Å². The van der Waals surface area contributed by atoms with Crippen LogP contribution in [-0.4, -0.2) is 69.1 Å². The van der Waals surface area contributed by atoms with E-state index < -0.39 is 10.0 Å². The molecule has 2 heterocycles. The van der Waals surface area contributed by atoms with Gasteiger partial charge in [-0.15, -0.1) is 24.0 Å². The Morgan fingerprint density at radius 2 is 2.09 bits per heavy atom. The van der Waals surface area contributed by atoms with Crippen LogP contribution in [0.25, 0.3) is 0 Å². The average molecular weight is 458 g/mol. The van der Waals surface area contributed by atoms with Gasteiger partial charge in [0, 0.05) is 39.8 Å². The maximum absolute atomic E-state index is 11.8. The smallest absolute Gasteiger partial charge is 0.214 e. The largest absolute Gasteiger partial charge is 0.355 e. The fraction of sp³-hybridized carbons (Fsp3) is 0.933. The van der Waals surface area contributed by atoms with Crippen LogP contribution in [0.2, 0.25) is 0 Å². The van der Waals surface area contributed by atoms with Crippen LogP contribution in [0.3, 0.4) is 0 Å². The molecule has 2 fully saturated rings. The fourth-order valence-corrected chi connectivity index (χ4v) is 4.98. The molecule has 2 rings (SSSR count). The predicted molar refractivity (Wildman–Crippen MR) is 106 cm³/mol. The summed E-state index contributed by atoms with van der Waals surface area (Å²) >= 11 is 0. The molecule has 136 valence electrons. The van der Waals surface area contributed by atoms with Gasteiger partial charge in [0.25, 0.3) is 0 Å². The molecule has 1 atom stereocenters. The second-order valence-corrected chi connectivity index (χ2v) is 8.86. The summed E-state index contributed by atoms with van der Waals surface area (Å²) < 4.78 is 25.1. The van der Waals surface area contributed by atoms with Gasteiger partial charge >= 0.3 is 0 Å². The zero-order chi connectivity index (χ0) is 16.2. The lowest BCUT2D eigenvalue weighted by Crippen LogP contribution is -2.43. The molecule has 0 aromatic rings. The lowest BCUT2D eigenvalue weighted by Gasteiger charge is -2.23. The van der Waals surface area contributed by atoms with Gasteiger partial charge in [-0.25, -0.2) is 12.7 Å². The third-order valence-electron chi connectivity index (χ3n) is 4.45. The molecule has 0 saturated carbocycles. The van der Waals surface area contributed by atoms with Gasteiger partial charge in [0.05, 0.1) is 5.75 Å². The third kappa shape index (κ3) is 6.04.